The molecule has 0 aliphatic heterocycles. The fourth-order valence-corrected chi connectivity index (χ4v) is 3.90. The smallest absolute Gasteiger partial charge is 0.270 e. The molecular formula is C23H22N4O5S. The third-order valence-corrected chi connectivity index (χ3v) is 5.70. The Morgan fingerprint density at radius 3 is 2.67 bits per heavy atom. The number of thiophene rings is 1. The lowest BCUT2D eigenvalue weighted by Crippen LogP contribution is -2.41. The van der Waals surface area contributed by atoms with Crippen LogP contribution in [0.5, 0.6) is 11.5 Å². The average Bonchev–Trinajstić information content (AvgIpc) is 3.50. The first-order chi connectivity index (χ1) is 16.0. The lowest BCUT2D eigenvalue weighted by molar-refractivity contribution is 0.0847. The Morgan fingerprint density at radius 1 is 1.12 bits per heavy atom. The molecule has 0 radical (unpaired) electrons. The maximum absolute atomic E-state index is 13.0. The first-order valence-corrected chi connectivity index (χ1v) is 11.1. The number of nitrogens with one attached hydrogen (secondary N) is 2. The first-order valence-electron chi connectivity index (χ1n) is 10.2. The third kappa shape index (κ3) is 4.65. The van der Waals surface area contributed by atoms with E-state index in [0.717, 1.165) is 11.3 Å². The molecule has 9 nitrogen and oxygen atoms in total. The number of aromatic nitrogens is 2. The topological polar surface area (TPSA) is 116 Å². The van der Waals surface area contributed by atoms with Crippen LogP contribution in [0.25, 0.3) is 21.7 Å². The maximum Gasteiger partial charge on any atom is 0.270 e. The first kappa shape index (κ1) is 22.3. The van der Waals surface area contributed by atoms with Gasteiger partial charge in [-0.3, -0.25) is 20.4 Å². The SMILES string of the molecule is CCCOc1ccc(C(=O)NNC(=O)c2cc(-c3cccs3)nc3onc(C)c23)cc1OC. The molecule has 0 aliphatic rings. The molecule has 0 unspecified atom stereocenters. The molecule has 0 aliphatic carbocycles. The molecule has 3 aromatic heterocycles. The van der Waals surface area contributed by atoms with E-state index in [9.17, 15) is 9.59 Å². The number of hydrogen-bond acceptors (Lipinski definition) is 8. The second kappa shape index (κ2) is 9.70. The van der Waals surface area contributed by atoms with Crippen LogP contribution in [0, 0.1) is 6.92 Å². The Kier molecular flexibility index (Phi) is 6.55. The summed E-state index contributed by atoms with van der Waals surface area (Å²) in [5.74, 6) is -0.0497. The van der Waals surface area contributed by atoms with Crippen LogP contribution in [0.15, 0.2) is 46.3 Å². The van der Waals surface area contributed by atoms with E-state index in [4.69, 9.17) is 14.0 Å². The molecule has 0 bridgehead atoms. The summed E-state index contributed by atoms with van der Waals surface area (Å²) in [5.41, 5.74) is 6.86. The summed E-state index contributed by atoms with van der Waals surface area (Å²) in [6.07, 6.45) is 0.847. The number of aryl methyl sites for hydroxylation is 1. The van der Waals surface area contributed by atoms with Crippen molar-refractivity contribution in [2.45, 2.75) is 20.3 Å². The number of rotatable bonds is 7. The van der Waals surface area contributed by atoms with Crippen molar-refractivity contribution in [2.24, 2.45) is 0 Å². The molecule has 0 fully saturated rings. The highest BCUT2D eigenvalue weighted by molar-refractivity contribution is 7.13. The maximum atomic E-state index is 13.0. The van der Waals surface area contributed by atoms with Gasteiger partial charge in [0.15, 0.2) is 11.5 Å². The van der Waals surface area contributed by atoms with E-state index in [1.807, 2.05) is 24.4 Å². The van der Waals surface area contributed by atoms with Crippen LogP contribution in [0.2, 0.25) is 0 Å². The van der Waals surface area contributed by atoms with Crippen LogP contribution in [0.4, 0.5) is 0 Å². The number of pyridine rings is 1. The number of fused-ring (bicyclic) bond motifs is 1. The van der Waals surface area contributed by atoms with E-state index in [2.05, 4.69) is 21.0 Å². The van der Waals surface area contributed by atoms with Gasteiger partial charge in [-0.1, -0.05) is 18.1 Å². The van der Waals surface area contributed by atoms with Gasteiger partial charge in [0.1, 0.15) is 0 Å². The van der Waals surface area contributed by atoms with Crippen molar-refractivity contribution < 1.29 is 23.6 Å². The van der Waals surface area contributed by atoms with Gasteiger partial charge in [-0.15, -0.1) is 11.3 Å². The summed E-state index contributed by atoms with van der Waals surface area (Å²) in [6.45, 7) is 4.26. The van der Waals surface area contributed by atoms with Gasteiger partial charge in [0.2, 0.25) is 0 Å². The second-order valence-electron chi connectivity index (χ2n) is 7.10. The van der Waals surface area contributed by atoms with E-state index in [0.29, 0.717) is 46.0 Å². The number of amides is 2. The van der Waals surface area contributed by atoms with E-state index in [1.54, 1.807) is 31.2 Å². The van der Waals surface area contributed by atoms with Gasteiger partial charge >= 0.3 is 0 Å². The molecule has 0 saturated carbocycles. The molecule has 0 spiro atoms. The van der Waals surface area contributed by atoms with Crippen molar-refractivity contribution >= 4 is 34.3 Å². The molecule has 3 heterocycles. The molecule has 4 rings (SSSR count). The van der Waals surface area contributed by atoms with Gasteiger partial charge < -0.3 is 14.0 Å². The van der Waals surface area contributed by atoms with Crippen molar-refractivity contribution in [3.05, 3.63) is 58.6 Å². The molecule has 2 amide bonds. The van der Waals surface area contributed by atoms with E-state index < -0.39 is 11.8 Å². The zero-order chi connectivity index (χ0) is 23.4. The Morgan fingerprint density at radius 2 is 1.94 bits per heavy atom. The molecule has 1 aromatic carbocycles. The average molecular weight is 467 g/mol. The van der Waals surface area contributed by atoms with Crippen molar-refractivity contribution in [2.75, 3.05) is 13.7 Å². The lowest BCUT2D eigenvalue weighted by atomic mass is 10.1. The molecule has 10 heteroatoms. The molecule has 0 saturated heterocycles. The lowest BCUT2D eigenvalue weighted by Gasteiger charge is -2.12. The number of benzene rings is 1. The highest BCUT2D eigenvalue weighted by atomic mass is 32.1. The minimum Gasteiger partial charge on any atom is -0.493 e. The minimum atomic E-state index is -0.519. The Labute approximate surface area is 193 Å². The molecule has 2 N–H and O–H groups in total. The standard InChI is InChI=1S/C23H22N4O5S/c1-4-9-31-17-8-7-14(11-18(17)30-3)21(28)25-26-22(29)15-12-16(19-6-5-10-33-19)24-23-20(15)13(2)27-32-23/h5-8,10-12H,4,9H2,1-3H3,(H,25,28)(H,26,29). The van der Waals surface area contributed by atoms with E-state index in [-0.39, 0.29) is 5.71 Å². The van der Waals surface area contributed by atoms with Crippen LogP contribution in [0.1, 0.15) is 39.8 Å². The minimum absolute atomic E-state index is 0.252. The third-order valence-electron chi connectivity index (χ3n) is 4.81. The zero-order valence-corrected chi connectivity index (χ0v) is 19.1. The van der Waals surface area contributed by atoms with Crippen molar-refractivity contribution in [1.29, 1.82) is 0 Å². The van der Waals surface area contributed by atoms with Crippen LogP contribution in [0.3, 0.4) is 0 Å². The number of hydrazine groups is 1. The van der Waals surface area contributed by atoms with E-state index >= 15 is 0 Å². The van der Waals surface area contributed by atoms with Crippen LogP contribution in [-0.2, 0) is 0 Å². The summed E-state index contributed by atoms with van der Waals surface area (Å²) < 4.78 is 16.2. The highest BCUT2D eigenvalue weighted by Crippen LogP contribution is 2.30. The number of carbonyl (C=O) groups is 2. The summed E-state index contributed by atoms with van der Waals surface area (Å²) >= 11 is 1.49. The number of nitrogens with zero attached hydrogens (tertiary/aromatic N) is 2. The number of carbonyl (C=O) groups excluding carboxylic acids is 2. The Bertz CT molecular complexity index is 1300. The fourth-order valence-electron chi connectivity index (χ4n) is 3.22. The predicted molar refractivity (Wildman–Crippen MR) is 124 cm³/mol. The normalized spacial score (nSPS) is 10.8. The largest absolute Gasteiger partial charge is 0.493 e. The van der Waals surface area contributed by atoms with Crippen molar-refractivity contribution in [3.8, 4) is 22.1 Å². The van der Waals surface area contributed by atoms with E-state index in [1.165, 1.54) is 18.4 Å². The van der Waals surface area contributed by atoms with Crippen molar-refractivity contribution in [1.82, 2.24) is 21.0 Å². The summed E-state index contributed by atoms with van der Waals surface area (Å²) in [5, 5.41) is 6.33. The number of methoxy groups -OCH3 is 1. The molecule has 0 atom stereocenters. The number of ether oxygens (including phenoxy) is 2. The fraction of sp³-hybridized carbons (Fsp3) is 0.217. The quantitative estimate of drug-likeness (QED) is 0.393. The van der Waals surface area contributed by atoms with Crippen LogP contribution in [-0.4, -0.2) is 35.7 Å². The predicted octanol–water partition coefficient (Wildman–Crippen LogP) is 4.13. The van der Waals surface area contributed by atoms with Gasteiger partial charge in [0.05, 0.1) is 40.9 Å². The second-order valence-corrected chi connectivity index (χ2v) is 8.05. The van der Waals surface area contributed by atoms with Gasteiger partial charge in [0.25, 0.3) is 17.5 Å². The highest BCUT2D eigenvalue weighted by Gasteiger charge is 2.20. The van der Waals surface area contributed by atoms with Gasteiger partial charge in [-0.05, 0) is 49.1 Å². The van der Waals surface area contributed by atoms with Gasteiger partial charge in [0, 0.05) is 5.56 Å². The van der Waals surface area contributed by atoms with Gasteiger partial charge in [-0.2, -0.15) is 0 Å². The van der Waals surface area contributed by atoms with Crippen LogP contribution < -0.4 is 20.3 Å². The Balaban J connectivity index is 1.54. The molecular weight excluding hydrogens is 444 g/mol. The summed E-state index contributed by atoms with van der Waals surface area (Å²) in [6, 6.07) is 10.3. The molecule has 170 valence electrons. The zero-order valence-electron chi connectivity index (χ0n) is 18.3. The number of hydrogen-bond donors (Lipinski definition) is 2. The molecule has 33 heavy (non-hydrogen) atoms. The summed E-state index contributed by atoms with van der Waals surface area (Å²) in [4.78, 5) is 31.0. The van der Waals surface area contributed by atoms with Gasteiger partial charge in [-0.25, -0.2) is 4.98 Å². The monoisotopic (exact) mass is 466 g/mol. The van der Waals surface area contributed by atoms with Crippen LogP contribution >= 0.6 is 11.3 Å². The summed E-state index contributed by atoms with van der Waals surface area (Å²) in [7, 11) is 1.50. The molecule has 4 aromatic rings. The van der Waals surface area contributed by atoms with Crippen molar-refractivity contribution in [3.63, 3.8) is 0 Å². The Hall–Kier alpha value is -3.92.